The number of para-hydroxylation sites is 1. The maximum absolute atomic E-state index is 11.3. The number of halogens is 2. The van der Waals surface area contributed by atoms with Crippen LogP contribution < -0.4 is 4.74 Å². The van der Waals surface area contributed by atoms with Crippen molar-refractivity contribution in [1.29, 1.82) is 0 Å². The molecule has 0 spiro atoms. The number of benzene rings is 1. The van der Waals surface area contributed by atoms with Gasteiger partial charge in [-0.1, -0.05) is 57.0 Å². The van der Waals surface area contributed by atoms with Gasteiger partial charge in [0.05, 0.1) is 0 Å². The van der Waals surface area contributed by atoms with E-state index in [1.54, 1.807) is 0 Å². The first kappa shape index (κ1) is 14.5. The Bertz CT molecular complexity index is 369. The third kappa shape index (κ3) is 3.45. The quantitative estimate of drug-likeness (QED) is 0.785. The van der Waals surface area contributed by atoms with E-state index in [1.807, 2.05) is 37.3 Å². The molecule has 0 amide bonds. The molecule has 1 aromatic rings. The number of ether oxygens (including phenoxy) is 1. The third-order valence-corrected chi connectivity index (χ3v) is 5.22. The number of carbonyl (C=O) groups is 1. The average Bonchev–Trinajstić information content (AvgIpc) is 2.36. The second kappa shape index (κ2) is 6.40. The van der Waals surface area contributed by atoms with Crippen molar-refractivity contribution in [3.63, 3.8) is 0 Å². The summed E-state index contributed by atoms with van der Waals surface area (Å²) >= 11 is 6.48. The highest BCUT2D eigenvalue weighted by Gasteiger charge is 2.43. The molecule has 0 aliphatic heterocycles. The zero-order valence-electron chi connectivity index (χ0n) is 9.40. The minimum atomic E-state index is -1.11. The highest BCUT2D eigenvalue weighted by atomic mass is 79.9. The number of rotatable bonds is 6. The summed E-state index contributed by atoms with van der Waals surface area (Å²) in [4.78, 5) is 11.3. The first-order valence-corrected chi connectivity index (χ1v) is 7.16. The molecule has 0 radical (unpaired) electrons. The highest BCUT2D eigenvalue weighted by molar-refractivity contribution is 9.12. The van der Waals surface area contributed by atoms with Gasteiger partial charge in [-0.3, -0.25) is 4.79 Å². The Morgan fingerprint density at radius 3 is 2.47 bits per heavy atom. The standard InChI is InChI=1S/C12H14Br2O3/c1-2-10(12(14,8-13)11(15)16)17-9-6-4-3-5-7-9/h3-7,10H,2,8H2,1H3,(H,15,16). The fraction of sp³-hybridized carbons (Fsp3) is 0.417. The fourth-order valence-corrected chi connectivity index (χ4v) is 2.46. The molecule has 0 aliphatic rings. The van der Waals surface area contributed by atoms with Crippen LogP contribution in [0.25, 0.3) is 0 Å². The summed E-state index contributed by atoms with van der Waals surface area (Å²) in [5.74, 6) is -0.262. The lowest BCUT2D eigenvalue weighted by molar-refractivity contribution is -0.141. The molecule has 0 aliphatic carbocycles. The Balaban J connectivity index is 2.88. The second-order valence-corrected chi connectivity index (χ2v) is 5.60. The molecule has 2 atom stereocenters. The van der Waals surface area contributed by atoms with E-state index in [4.69, 9.17) is 4.74 Å². The number of hydrogen-bond acceptors (Lipinski definition) is 2. The largest absolute Gasteiger partial charge is 0.488 e. The van der Waals surface area contributed by atoms with Gasteiger partial charge in [0, 0.05) is 5.33 Å². The van der Waals surface area contributed by atoms with Gasteiger partial charge >= 0.3 is 5.97 Å². The summed E-state index contributed by atoms with van der Waals surface area (Å²) in [6.45, 7) is 1.90. The molecular formula is C12H14Br2O3. The zero-order valence-corrected chi connectivity index (χ0v) is 12.6. The molecule has 1 rings (SSSR count). The maximum Gasteiger partial charge on any atom is 0.325 e. The molecule has 0 saturated carbocycles. The normalized spacial score (nSPS) is 15.9. The van der Waals surface area contributed by atoms with Gasteiger partial charge in [-0.05, 0) is 18.6 Å². The molecule has 0 fully saturated rings. The van der Waals surface area contributed by atoms with Gasteiger partial charge in [-0.15, -0.1) is 0 Å². The van der Waals surface area contributed by atoms with Crippen molar-refractivity contribution in [3.8, 4) is 5.75 Å². The molecule has 1 N–H and O–H groups in total. The van der Waals surface area contributed by atoms with Gasteiger partial charge < -0.3 is 9.84 Å². The van der Waals surface area contributed by atoms with Crippen LogP contribution in [0.2, 0.25) is 0 Å². The zero-order chi connectivity index (χ0) is 12.9. The molecule has 0 aromatic heterocycles. The van der Waals surface area contributed by atoms with E-state index in [1.165, 1.54) is 0 Å². The SMILES string of the molecule is CCC(Oc1ccccc1)C(Br)(CBr)C(=O)O. The lowest BCUT2D eigenvalue weighted by Gasteiger charge is -2.30. The molecule has 3 nitrogen and oxygen atoms in total. The highest BCUT2D eigenvalue weighted by Crippen LogP contribution is 2.31. The van der Waals surface area contributed by atoms with Crippen LogP contribution in [-0.4, -0.2) is 26.8 Å². The van der Waals surface area contributed by atoms with Crippen molar-refractivity contribution >= 4 is 37.8 Å². The molecule has 0 saturated heterocycles. The first-order chi connectivity index (χ1) is 8.04. The van der Waals surface area contributed by atoms with Crippen LogP contribution in [-0.2, 0) is 4.79 Å². The molecule has 0 heterocycles. The monoisotopic (exact) mass is 364 g/mol. The van der Waals surface area contributed by atoms with E-state index in [2.05, 4.69) is 31.9 Å². The lowest BCUT2D eigenvalue weighted by Crippen LogP contribution is -2.48. The molecule has 5 heteroatoms. The van der Waals surface area contributed by atoms with Crippen LogP contribution in [0.5, 0.6) is 5.75 Å². The summed E-state index contributed by atoms with van der Waals surface area (Å²) in [6, 6.07) is 9.22. The Kier molecular flexibility index (Phi) is 5.46. The number of carboxylic acid groups (broad SMARTS) is 1. The number of carboxylic acids is 1. The van der Waals surface area contributed by atoms with E-state index in [9.17, 15) is 9.90 Å². The van der Waals surface area contributed by atoms with E-state index >= 15 is 0 Å². The summed E-state index contributed by atoms with van der Waals surface area (Å²) in [7, 11) is 0. The minimum Gasteiger partial charge on any atom is -0.488 e. The van der Waals surface area contributed by atoms with Crippen molar-refractivity contribution in [2.75, 3.05) is 5.33 Å². The van der Waals surface area contributed by atoms with Crippen LogP contribution in [0.3, 0.4) is 0 Å². The predicted octanol–water partition coefficient (Wildman–Crippen LogP) is 3.46. The van der Waals surface area contributed by atoms with Crippen LogP contribution in [0, 0.1) is 0 Å². The number of alkyl halides is 2. The first-order valence-electron chi connectivity index (χ1n) is 5.24. The Labute approximate surface area is 117 Å². The van der Waals surface area contributed by atoms with Crippen LogP contribution in [0.1, 0.15) is 13.3 Å². The molecular weight excluding hydrogens is 352 g/mol. The predicted molar refractivity (Wildman–Crippen MR) is 74.2 cm³/mol. The smallest absolute Gasteiger partial charge is 0.325 e. The van der Waals surface area contributed by atoms with Crippen molar-refractivity contribution in [2.24, 2.45) is 0 Å². The van der Waals surface area contributed by atoms with Crippen molar-refractivity contribution in [2.45, 2.75) is 23.8 Å². The van der Waals surface area contributed by atoms with Crippen molar-refractivity contribution < 1.29 is 14.6 Å². The summed E-state index contributed by atoms with van der Waals surface area (Å²) < 4.78 is 4.61. The fourth-order valence-electron chi connectivity index (χ4n) is 1.44. The second-order valence-electron chi connectivity index (χ2n) is 3.63. The summed E-state index contributed by atoms with van der Waals surface area (Å²) in [5, 5.41) is 9.53. The van der Waals surface area contributed by atoms with Gasteiger partial charge in [-0.2, -0.15) is 0 Å². The van der Waals surface area contributed by atoms with Gasteiger partial charge in [-0.25, -0.2) is 0 Å². The van der Waals surface area contributed by atoms with Crippen LogP contribution in [0.15, 0.2) is 30.3 Å². The molecule has 1 aromatic carbocycles. The van der Waals surface area contributed by atoms with E-state index in [0.717, 1.165) is 0 Å². The number of hydrogen-bond donors (Lipinski definition) is 1. The number of aliphatic carboxylic acids is 1. The Morgan fingerprint density at radius 1 is 1.47 bits per heavy atom. The van der Waals surface area contributed by atoms with E-state index in [0.29, 0.717) is 12.2 Å². The average molecular weight is 366 g/mol. The van der Waals surface area contributed by atoms with E-state index in [-0.39, 0.29) is 5.33 Å². The topological polar surface area (TPSA) is 46.5 Å². The molecule has 0 bridgehead atoms. The van der Waals surface area contributed by atoms with Crippen molar-refractivity contribution in [3.05, 3.63) is 30.3 Å². The van der Waals surface area contributed by atoms with Crippen LogP contribution in [0.4, 0.5) is 0 Å². The van der Waals surface area contributed by atoms with Crippen LogP contribution >= 0.6 is 31.9 Å². The van der Waals surface area contributed by atoms with Gasteiger partial charge in [0.25, 0.3) is 0 Å². The molecule has 2 unspecified atom stereocenters. The molecule has 94 valence electrons. The lowest BCUT2D eigenvalue weighted by atomic mass is 10.0. The van der Waals surface area contributed by atoms with Gasteiger partial charge in [0.1, 0.15) is 11.9 Å². The van der Waals surface area contributed by atoms with Crippen molar-refractivity contribution in [1.82, 2.24) is 0 Å². The summed E-state index contributed by atoms with van der Waals surface area (Å²) in [5.41, 5.74) is 0. The van der Waals surface area contributed by atoms with E-state index < -0.39 is 16.4 Å². The minimum absolute atomic E-state index is 0.278. The summed E-state index contributed by atoms with van der Waals surface area (Å²) in [6.07, 6.45) is 0.152. The molecule has 17 heavy (non-hydrogen) atoms. The van der Waals surface area contributed by atoms with Gasteiger partial charge in [0.2, 0.25) is 0 Å². The van der Waals surface area contributed by atoms with Gasteiger partial charge in [0.15, 0.2) is 4.32 Å². The Morgan fingerprint density at radius 2 is 2.06 bits per heavy atom. The maximum atomic E-state index is 11.3. The third-order valence-electron chi connectivity index (χ3n) is 2.45. The Hall–Kier alpha value is -0.550.